The molecule has 25 heavy (non-hydrogen) atoms. The van der Waals surface area contributed by atoms with Crippen molar-refractivity contribution in [3.63, 3.8) is 0 Å². The van der Waals surface area contributed by atoms with E-state index < -0.39 is 0 Å². The van der Waals surface area contributed by atoms with Gasteiger partial charge in [0.1, 0.15) is 0 Å². The number of hydrogen-bond donors (Lipinski definition) is 0. The summed E-state index contributed by atoms with van der Waals surface area (Å²) < 4.78 is 7.49. The van der Waals surface area contributed by atoms with Gasteiger partial charge in [-0.1, -0.05) is 25.6 Å². The van der Waals surface area contributed by atoms with Crippen LogP contribution in [-0.2, 0) is 17.8 Å². The molecule has 0 aromatic carbocycles. The SMILES string of the molecule is CCCSc1nc(N2CCCC2)c2sc3c(c2n1)CO[C@](C)(CC)C3. The van der Waals surface area contributed by atoms with Gasteiger partial charge in [0.2, 0.25) is 0 Å². The van der Waals surface area contributed by atoms with Gasteiger partial charge in [-0.05, 0) is 32.6 Å². The second-order valence-electron chi connectivity index (χ2n) is 7.32. The van der Waals surface area contributed by atoms with Gasteiger partial charge in [0.25, 0.3) is 0 Å². The third-order valence-corrected chi connectivity index (χ3v) is 7.63. The van der Waals surface area contributed by atoms with E-state index in [4.69, 9.17) is 14.7 Å². The zero-order valence-corrected chi connectivity index (χ0v) is 17.1. The fraction of sp³-hybridized carbons (Fsp3) is 0.684. The predicted octanol–water partition coefficient (Wildman–Crippen LogP) is 5.04. The van der Waals surface area contributed by atoms with Crippen LogP contribution in [0, 0.1) is 0 Å². The molecule has 0 unspecified atom stereocenters. The normalized spacial score (nSPS) is 23.4. The van der Waals surface area contributed by atoms with Gasteiger partial charge in [-0.15, -0.1) is 11.3 Å². The van der Waals surface area contributed by atoms with Crippen molar-refractivity contribution in [3.05, 3.63) is 10.4 Å². The fourth-order valence-electron chi connectivity index (χ4n) is 3.59. The van der Waals surface area contributed by atoms with Gasteiger partial charge >= 0.3 is 0 Å². The van der Waals surface area contributed by atoms with Crippen molar-refractivity contribution >= 4 is 39.1 Å². The van der Waals surface area contributed by atoms with Crippen LogP contribution in [0.5, 0.6) is 0 Å². The minimum absolute atomic E-state index is 0.0328. The summed E-state index contributed by atoms with van der Waals surface area (Å²) in [6.45, 7) is 9.58. The first kappa shape index (κ1) is 17.6. The number of thiophene rings is 1. The van der Waals surface area contributed by atoms with Gasteiger partial charge < -0.3 is 9.64 Å². The first-order valence-electron chi connectivity index (χ1n) is 9.47. The summed E-state index contributed by atoms with van der Waals surface area (Å²) in [5.41, 5.74) is 2.43. The first-order valence-corrected chi connectivity index (χ1v) is 11.3. The van der Waals surface area contributed by atoms with Gasteiger partial charge in [-0.3, -0.25) is 0 Å². The van der Waals surface area contributed by atoms with Gasteiger partial charge in [0.05, 0.1) is 22.4 Å². The van der Waals surface area contributed by atoms with E-state index in [9.17, 15) is 0 Å². The molecular formula is C19H27N3OS2. The minimum Gasteiger partial charge on any atom is -0.370 e. The standard InChI is InChI=1S/C19H27N3OS2/c1-4-10-24-18-20-15-13-12-23-19(3,5-2)11-14(13)25-16(15)17(21-18)22-8-6-7-9-22/h4-12H2,1-3H3/t19-/m1/s1. The molecule has 2 aromatic heterocycles. The molecule has 6 heteroatoms. The largest absolute Gasteiger partial charge is 0.370 e. The number of fused-ring (bicyclic) bond motifs is 3. The van der Waals surface area contributed by atoms with Crippen molar-refractivity contribution in [2.45, 2.75) is 70.2 Å². The Hall–Kier alpha value is -0.850. The molecule has 0 bridgehead atoms. The molecule has 0 spiro atoms. The molecule has 0 amide bonds. The van der Waals surface area contributed by atoms with E-state index in [1.807, 2.05) is 11.3 Å². The van der Waals surface area contributed by atoms with E-state index in [-0.39, 0.29) is 5.60 Å². The Morgan fingerprint density at radius 2 is 2.04 bits per heavy atom. The van der Waals surface area contributed by atoms with Crippen LogP contribution in [0.15, 0.2) is 5.16 Å². The van der Waals surface area contributed by atoms with Crippen LogP contribution < -0.4 is 4.90 Å². The number of aromatic nitrogens is 2. The van der Waals surface area contributed by atoms with E-state index >= 15 is 0 Å². The van der Waals surface area contributed by atoms with Crippen molar-refractivity contribution < 1.29 is 4.74 Å². The Morgan fingerprint density at radius 1 is 1.24 bits per heavy atom. The summed E-state index contributed by atoms with van der Waals surface area (Å²) in [5.74, 6) is 2.24. The molecular weight excluding hydrogens is 350 g/mol. The summed E-state index contributed by atoms with van der Waals surface area (Å²) in [6, 6.07) is 0. The van der Waals surface area contributed by atoms with E-state index in [1.165, 1.54) is 33.8 Å². The van der Waals surface area contributed by atoms with Crippen LogP contribution >= 0.6 is 23.1 Å². The van der Waals surface area contributed by atoms with Gasteiger partial charge in [0.15, 0.2) is 11.0 Å². The van der Waals surface area contributed by atoms with Crippen molar-refractivity contribution in [2.75, 3.05) is 23.7 Å². The van der Waals surface area contributed by atoms with Crippen molar-refractivity contribution in [2.24, 2.45) is 0 Å². The van der Waals surface area contributed by atoms with Gasteiger partial charge in [0, 0.05) is 35.7 Å². The second kappa shape index (κ2) is 7.05. The highest BCUT2D eigenvalue weighted by Gasteiger charge is 2.33. The van der Waals surface area contributed by atoms with Crippen LogP contribution in [0.25, 0.3) is 10.2 Å². The Balaban J connectivity index is 1.81. The first-order chi connectivity index (χ1) is 12.1. The Kier molecular flexibility index (Phi) is 4.95. The van der Waals surface area contributed by atoms with Crippen molar-refractivity contribution in [3.8, 4) is 0 Å². The number of rotatable bonds is 5. The van der Waals surface area contributed by atoms with Crippen LogP contribution in [-0.4, -0.2) is 34.4 Å². The molecule has 0 radical (unpaired) electrons. The molecule has 0 N–H and O–H groups in total. The lowest BCUT2D eigenvalue weighted by atomic mass is 9.93. The monoisotopic (exact) mass is 377 g/mol. The van der Waals surface area contributed by atoms with Crippen LogP contribution in [0.2, 0.25) is 0 Å². The minimum atomic E-state index is -0.0328. The maximum atomic E-state index is 6.22. The molecule has 1 saturated heterocycles. The molecule has 0 aliphatic carbocycles. The maximum absolute atomic E-state index is 6.22. The average Bonchev–Trinajstić information content (AvgIpc) is 3.26. The molecule has 2 aromatic rings. The molecule has 4 nitrogen and oxygen atoms in total. The van der Waals surface area contributed by atoms with E-state index in [1.54, 1.807) is 11.8 Å². The summed E-state index contributed by atoms with van der Waals surface area (Å²) in [7, 11) is 0. The Morgan fingerprint density at radius 3 is 2.76 bits per heavy atom. The number of nitrogens with zero attached hydrogens (tertiary/aromatic N) is 3. The lowest BCUT2D eigenvalue weighted by Crippen LogP contribution is -2.33. The molecule has 1 fully saturated rings. The highest BCUT2D eigenvalue weighted by atomic mass is 32.2. The fourth-order valence-corrected chi connectivity index (χ4v) is 5.72. The van der Waals surface area contributed by atoms with Crippen LogP contribution in [0.3, 0.4) is 0 Å². The topological polar surface area (TPSA) is 38.2 Å². The third-order valence-electron chi connectivity index (χ3n) is 5.36. The number of thioether (sulfide) groups is 1. The molecule has 0 saturated carbocycles. The summed E-state index contributed by atoms with van der Waals surface area (Å²) in [4.78, 5) is 13.8. The highest BCUT2D eigenvalue weighted by Crippen LogP contribution is 2.43. The van der Waals surface area contributed by atoms with E-state index in [2.05, 4.69) is 25.7 Å². The lowest BCUT2D eigenvalue weighted by Gasteiger charge is -2.32. The third kappa shape index (κ3) is 3.28. The van der Waals surface area contributed by atoms with E-state index in [0.717, 1.165) is 48.8 Å². The zero-order chi connectivity index (χ0) is 17.4. The molecule has 2 aliphatic heterocycles. The summed E-state index contributed by atoms with van der Waals surface area (Å²) in [6.07, 6.45) is 5.72. The highest BCUT2D eigenvalue weighted by molar-refractivity contribution is 7.99. The summed E-state index contributed by atoms with van der Waals surface area (Å²) in [5, 5.41) is 0.931. The van der Waals surface area contributed by atoms with Crippen molar-refractivity contribution in [1.82, 2.24) is 9.97 Å². The molecule has 2 aliphatic rings. The molecule has 4 heterocycles. The van der Waals surface area contributed by atoms with Gasteiger partial charge in [-0.2, -0.15) is 0 Å². The maximum Gasteiger partial charge on any atom is 0.190 e. The van der Waals surface area contributed by atoms with E-state index in [0.29, 0.717) is 6.61 Å². The molecule has 1 atom stereocenters. The number of anilines is 1. The predicted molar refractivity (Wildman–Crippen MR) is 107 cm³/mol. The Bertz CT molecular complexity index is 770. The second-order valence-corrected chi connectivity index (χ2v) is 9.49. The van der Waals surface area contributed by atoms with Crippen LogP contribution in [0.1, 0.15) is 56.9 Å². The molecule has 136 valence electrons. The van der Waals surface area contributed by atoms with Gasteiger partial charge in [-0.25, -0.2) is 9.97 Å². The molecule has 4 rings (SSSR count). The van der Waals surface area contributed by atoms with Crippen LogP contribution in [0.4, 0.5) is 5.82 Å². The zero-order valence-electron chi connectivity index (χ0n) is 15.4. The summed E-state index contributed by atoms with van der Waals surface area (Å²) >= 11 is 3.69. The number of ether oxygens (including phenoxy) is 1. The Labute approximate surface area is 158 Å². The average molecular weight is 378 g/mol. The smallest absolute Gasteiger partial charge is 0.190 e. The quantitative estimate of drug-likeness (QED) is 0.539. The number of hydrogen-bond acceptors (Lipinski definition) is 6. The lowest BCUT2D eigenvalue weighted by molar-refractivity contribution is -0.0546. The van der Waals surface area contributed by atoms with Crippen molar-refractivity contribution in [1.29, 1.82) is 0 Å².